The zero-order valence-corrected chi connectivity index (χ0v) is 30.0. The molecule has 1 fully saturated rings. The molecule has 6 atom stereocenters. The molecule has 48 heavy (non-hydrogen) atoms. The van der Waals surface area contributed by atoms with Crippen LogP contribution in [0.15, 0.2) is 48.6 Å². The van der Waals surface area contributed by atoms with Gasteiger partial charge in [-0.2, -0.15) is 0 Å². The van der Waals surface area contributed by atoms with Crippen molar-refractivity contribution in [1.82, 2.24) is 0 Å². The van der Waals surface area contributed by atoms with Crippen LogP contribution in [0, 0.1) is 23.2 Å². The molecule has 2 aromatic rings. The Labute approximate surface area is 290 Å². The highest BCUT2D eigenvalue weighted by Crippen LogP contribution is 2.52. The second-order valence-electron chi connectivity index (χ2n) is 14.8. The van der Waals surface area contributed by atoms with Crippen molar-refractivity contribution in [3.63, 3.8) is 0 Å². The number of hydrogen-bond donors (Lipinski definition) is 2. The maximum absolute atomic E-state index is 13.5. The number of carbonyl (C=O) groups is 2. The third-order valence-corrected chi connectivity index (χ3v) is 11.2. The van der Waals surface area contributed by atoms with E-state index in [2.05, 4.69) is 24.0 Å². The number of methoxy groups -OCH3 is 1. The summed E-state index contributed by atoms with van der Waals surface area (Å²) in [6.07, 6.45) is 8.09. The molecule has 2 aromatic carbocycles. The molecular weight excluding hydrogens is 630 g/mol. The fraction of sp³-hybridized carbons (Fsp3) is 0.590. The van der Waals surface area contributed by atoms with Gasteiger partial charge in [0.05, 0.1) is 32.1 Å². The highest BCUT2D eigenvalue weighted by atomic mass is 35.5. The van der Waals surface area contributed by atoms with Crippen molar-refractivity contribution in [2.45, 2.75) is 90.3 Å². The summed E-state index contributed by atoms with van der Waals surface area (Å²) < 4.78 is 17.4. The van der Waals surface area contributed by atoms with Crippen molar-refractivity contribution in [3.05, 3.63) is 70.3 Å². The van der Waals surface area contributed by atoms with Gasteiger partial charge in [-0.1, -0.05) is 63.6 Å². The average molecular weight is 682 g/mol. The van der Waals surface area contributed by atoms with E-state index < -0.39 is 29.6 Å². The maximum Gasteiger partial charge on any atom is 0.343 e. The van der Waals surface area contributed by atoms with Crippen molar-refractivity contribution in [1.29, 1.82) is 0 Å². The summed E-state index contributed by atoms with van der Waals surface area (Å²) in [5, 5.41) is 24.1. The predicted octanol–water partition coefficient (Wildman–Crippen LogP) is 6.75. The minimum atomic E-state index is -2.29. The van der Waals surface area contributed by atoms with Gasteiger partial charge in [0.25, 0.3) is 0 Å². The van der Waals surface area contributed by atoms with Crippen LogP contribution in [0.3, 0.4) is 0 Å². The number of carbonyl (C=O) groups excluding carboxylic acids is 2. The number of aliphatic hydroxyl groups excluding tert-OH is 1. The van der Waals surface area contributed by atoms with E-state index in [0.717, 1.165) is 37.8 Å². The number of hydrogen-bond acceptors (Lipinski definition) is 8. The first-order chi connectivity index (χ1) is 22.8. The van der Waals surface area contributed by atoms with Crippen molar-refractivity contribution >= 4 is 29.2 Å². The van der Waals surface area contributed by atoms with Crippen molar-refractivity contribution < 1.29 is 34.0 Å². The topological polar surface area (TPSA) is 106 Å². The van der Waals surface area contributed by atoms with E-state index in [9.17, 15) is 19.8 Å². The smallest absolute Gasteiger partial charge is 0.343 e. The molecule has 0 bridgehead atoms. The number of fused-ring (bicyclic) bond motifs is 3. The monoisotopic (exact) mass is 681 g/mol. The minimum absolute atomic E-state index is 0.0742. The van der Waals surface area contributed by atoms with E-state index in [-0.39, 0.29) is 41.3 Å². The number of halogens is 1. The van der Waals surface area contributed by atoms with Gasteiger partial charge in [-0.15, -0.1) is 0 Å². The second kappa shape index (κ2) is 14.4. The molecule has 0 aromatic heterocycles. The van der Waals surface area contributed by atoms with E-state index >= 15 is 0 Å². The fourth-order valence-electron chi connectivity index (χ4n) is 8.28. The number of ether oxygens (including phenoxy) is 3. The van der Waals surface area contributed by atoms with E-state index in [1.165, 1.54) is 18.2 Å². The van der Waals surface area contributed by atoms with E-state index in [1.807, 2.05) is 39.0 Å². The van der Waals surface area contributed by atoms with E-state index in [1.54, 1.807) is 25.1 Å². The largest absolute Gasteiger partial charge is 0.490 e. The molecule has 262 valence electrons. The number of rotatable bonds is 11. The Hall–Kier alpha value is -3.07. The summed E-state index contributed by atoms with van der Waals surface area (Å²) >= 11 is 6.45. The molecule has 1 heterocycles. The van der Waals surface area contributed by atoms with Crippen LogP contribution in [0.4, 0.5) is 5.69 Å². The summed E-state index contributed by atoms with van der Waals surface area (Å²) in [6.45, 7) is 11.6. The molecule has 8 nitrogen and oxygen atoms in total. The number of benzene rings is 2. The molecule has 0 amide bonds. The molecule has 1 saturated carbocycles. The van der Waals surface area contributed by atoms with Crippen LogP contribution in [0.25, 0.3) is 0 Å². The lowest BCUT2D eigenvalue weighted by Gasteiger charge is -2.52. The van der Waals surface area contributed by atoms with Crippen molar-refractivity contribution in [2.24, 2.45) is 23.2 Å². The highest BCUT2D eigenvalue weighted by molar-refractivity contribution is 6.30. The number of nitrogens with zero attached hydrogens (tertiary/aromatic N) is 1. The Morgan fingerprint density at radius 1 is 1.21 bits per heavy atom. The molecule has 0 saturated heterocycles. The Balaban J connectivity index is 1.62. The lowest BCUT2D eigenvalue weighted by atomic mass is 9.58. The van der Waals surface area contributed by atoms with Gasteiger partial charge in [-0.25, -0.2) is 4.79 Å². The Kier molecular flexibility index (Phi) is 10.9. The first kappa shape index (κ1) is 36.2. The minimum Gasteiger partial charge on any atom is -0.490 e. The van der Waals surface area contributed by atoms with Crippen LogP contribution < -0.4 is 9.64 Å². The van der Waals surface area contributed by atoms with Crippen molar-refractivity contribution in [3.8, 4) is 5.75 Å². The van der Waals surface area contributed by atoms with Gasteiger partial charge in [0.2, 0.25) is 5.60 Å². The molecule has 0 radical (unpaired) electrons. The summed E-state index contributed by atoms with van der Waals surface area (Å²) in [5.41, 5.74) is 0.593. The first-order valence-corrected chi connectivity index (χ1v) is 17.8. The Bertz CT molecular complexity index is 1530. The van der Waals surface area contributed by atoms with Crippen LogP contribution >= 0.6 is 11.6 Å². The molecule has 3 aliphatic rings. The molecule has 2 N–H and O–H groups in total. The fourth-order valence-corrected chi connectivity index (χ4v) is 8.47. The Morgan fingerprint density at radius 2 is 1.98 bits per heavy atom. The molecule has 5 rings (SSSR count). The summed E-state index contributed by atoms with van der Waals surface area (Å²) in [6, 6.07) is 11.4. The third kappa shape index (κ3) is 6.73. The van der Waals surface area contributed by atoms with E-state index in [4.69, 9.17) is 25.8 Å². The highest BCUT2D eigenvalue weighted by Gasteiger charge is 2.52. The average Bonchev–Trinajstić information content (AvgIpc) is 3.19. The lowest BCUT2D eigenvalue weighted by molar-refractivity contribution is -0.182. The van der Waals surface area contributed by atoms with Gasteiger partial charge >= 0.3 is 11.9 Å². The number of aliphatic hydroxyl groups is 2. The molecule has 1 unspecified atom stereocenters. The standard InChI is InChI=1S/C39H52ClNO7/c1-7-10-33(42)31-16-18-37(31,5)22-41-23-38(17-9-11-26-19-28(40)13-14-30(26)38)24-48-34-15-12-27(20-32(34)41)39(45,36(44)46-6)29(8-2)35(43)47-21-25(3)4/h7,10,12-15,19-20,25,29,31,33,42,45H,8-9,11,16-18,21-24H2,1-6H3/b10-7+/t29-,31-,33-,37?,38-,39+/m0/s1. The zero-order valence-electron chi connectivity index (χ0n) is 29.3. The van der Waals surface area contributed by atoms with Gasteiger partial charge in [-0.05, 0) is 104 Å². The van der Waals surface area contributed by atoms with Gasteiger partial charge in [-0.3, -0.25) is 4.79 Å². The number of allylic oxidation sites excluding steroid dienone is 1. The first-order valence-electron chi connectivity index (χ1n) is 17.4. The van der Waals surface area contributed by atoms with Crippen molar-refractivity contribution in [2.75, 3.05) is 38.3 Å². The van der Waals surface area contributed by atoms with E-state index in [0.29, 0.717) is 30.5 Å². The zero-order chi connectivity index (χ0) is 34.9. The number of anilines is 1. The van der Waals surface area contributed by atoms with Gasteiger partial charge < -0.3 is 29.3 Å². The van der Waals surface area contributed by atoms with Crippen LogP contribution in [-0.2, 0) is 36.5 Å². The summed E-state index contributed by atoms with van der Waals surface area (Å²) in [4.78, 5) is 29.2. The predicted molar refractivity (Wildman–Crippen MR) is 187 cm³/mol. The second-order valence-corrected chi connectivity index (χ2v) is 15.3. The van der Waals surface area contributed by atoms with Gasteiger partial charge in [0.15, 0.2) is 0 Å². The van der Waals surface area contributed by atoms with Gasteiger partial charge in [0.1, 0.15) is 11.7 Å². The summed E-state index contributed by atoms with van der Waals surface area (Å²) in [7, 11) is 1.21. The number of aryl methyl sites for hydroxylation is 1. The third-order valence-electron chi connectivity index (χ3n) is 11.0. The molecular formula is C39H52ClNO7. The quantitative estimate of drug-likeness (QED) is 0.198. The molecule has 2 aliphatic carbocycles. The SMILES string of the molecule is C/C=C/[C@H](O)[C@@H]1CCC1(C)CN1C[C@@]2(CCCc3cc(Cl)ccc32)COc2ccc([C@](O)(C(=O)OC)[C@@H](CC)C(=O)OCC(C)C)cc21. The molecule has 1 spiro atoms. The maximum atomic E-state index is 13.5. The molecule has 1 aliphatic heterocycles. The lowest BCUT2D eigenvalue weighted by Crippen LogP contribution is -2.54. The Morgan fingerprint density at radius 3 is 2.62 bits per heavy atom. The van der Waals surface area contributed by atoms with Crippen LogP contribution in [0.1, 0.15) is 83.4 Å². The van der Waals surface area contributed by atoms with Crippen LogP contribution in [0.2, 0.25) is 5.02 Å². The van der Waals surface area contributed by atoms with Crippen LogP contribution in [0.5, 0.6) is 5.75 Å². The normalized spacial score (nSPS) is 26.0. The number of esters is 2. The summed E-state index contributed by atoms with van der Waals surface area (Å²) in [5.74, 6) is -1.97. The molecule has 9 heteroatoms. The van der Waals surface area contributed by atoms with Crippen LogP contribution in [-0.4, -0.2) is 61.7 Å². The van der Waals surface area contributed by atoms with Gasteiger partial charge in [0, 0.05) is 23.5 Å².